The van der Waals surface area contributed by atoms with Crippen LogP contribution >= 0.6 is 12.2 Å². The molecule has 114 valence electrons. The molecular weight excluding hydrogens is 296 g/mol. The van der Waals surface area contributed by atoms with E-state index in [9.17, 15) is 4.79 Å². The quantitative estimate of drug-likeness (QED) is 0.854. The van der Waals surface area contributed by atoms with Crippen LogP contribution in [0.25, 0.3) is 0 Å². The summed E-state index contributed by atoms with van der Waals surface area (Å²) in [5, 5.41) is 3.07. The van der Waals surface area contributed by atoms with Crippen molar-refractivity contribution in [3.8, 4) is 0 Å². The van der Waals surface area contributed by atoms with Gasteiger partial charge in [0.05, 0.1) is 11.7 Å². The fourth-order valence-electron chi connectivity index (χ4n) is 2.69. The number of carbonyl (C=O) groups is 1. The van der Waals surface area contributed by atoms with Gasteiger partial charge in [-0.25, -0.2) is 0 Å². The number of aromatic amines is 1. The van der Waals surface area contributed by atoms with Crippen molar-refractivity contribution in [2.45, 2.75) is 25.0 Å². The number of ether oxygens (including phenoxy) is 1. The predicted octanol–water partition coefficient (Wildman–Crippen LogP) is 3.39. The molecule has 3 rings (SSSR count). The highest BCUT2D eigenvalue weighted by molar-refractivity contribution is 7.71. The monoisotopic (exact) mass is 314 g/mol. The Kier molecular flexibility index (Phi) is 4.65. The number of benzene rings is 1. The Morgan fingerprint density at radius 1 is 1.23 bits per heavy atom. The second-order valence-corrected chi connectivity index (χ2v) is 5.79. The molecule has 1 aromatic heterocycles. The Balaban J connectivity index is 1.67. The first-order chi connectivity index (χ1) is 10.7. The molecular formula is C17H18N2O2S. The third-order valence-electron chi connectivity index (χ3n) is 3.85. The van der Waals surface area contributed by atoms with Gasteiger partial charge in [-0.15, -0.1) is 0 Å². The summed E-state index contributed by atoms with van der Waals surface area (Å²) in [6.07, 6.45) is 3.35. The van der Waals surface area contributed by atoms with Gasteiger partial charge in [0, 0.05) is 18.8 Å². The zero-order chi connectivity index (χ0) is 15.4. The molecule has 1 aliphatic rings. The van der Waals surface area contributed by atoms with Gasteiger partial charge < -0.3 is 15.0 Å². The summed E-state index contributed by atoms with van der Waals surface area (Å²) in [7, 11) is 0. The second kappa shape index (κ2) is 6.85. The second-order valence-electron chi connectivity index (χ2n) is 5.38. The van der Waals surface area contributed by atoms with Crippen molar-refractivity contribution in [2.24, 2.45) is 0 Å². The Labute approximate surface area is 134 Å². The van der Waals surface area contributed by atoms with Crippen LogP contribution in [0.15, 0.2) is 48.7 Å². The maximum absolute atomic E-state index is 12.3. The fraction of sp³-hybridized carbons (Fsp3) is 0.294. The maximum atomic E-state index is 12.3. The molecule has 0 unspecified atom stereocenters. The van der Waals surface area contributed by atoms with E-state index in [4.69, 9.17) is 17.0 Å². The molecule has 4 nitrogen and oxygen atoms in total. The van der Waals surface area contributed by atoms with Crippen molar-refractivity contribution in [3.05, 3.63) is 64.4 Å². The minimum Gasteiger partial charge on any atom is -0.373 e. The lowest BCUT2D eigenvalue weighted by Gasteiger charge is -2.30. The van der Waals surface area contributed by atoms with E-state index >= 15 is 0 Å². The number of rotatable bonds is 3. The number of pyridine rings is 1. The minimum atomic E-state index is -0.124. The van der Waals surface area contributed by atoms with Crippen molar-refractivity contribution in [1.29, 1.82) is 0 Å². The molecule has 5 heteroatoms. The third kappa shape index (κ3) is 3.43. The minimum absolute atomic E-state index is 0.0329. The van der Waals surface area contributed by atoms with Crippen molar-refractivity contribution < 1.29 is 9.53 Å². The molecule has 1 aliphatic heterocycles. The molecule has 0 bridgehead atoms. The molecule has 0 radical (unpaired) electrons. The van der Waals surface area contributed by atoms with Gasteiger partial charge in [-0.05, 0) is 30.5 Å². The van der Waals surface area contributed by atoms with Crippen LogP contribution in [0.2, 0.25) is 0 Å². The molecule has 22 heavy (non-hydrogen) atoms. The Morgan fingerprint density at radius 2 is 2.05 bits per heavy atom. The first-order valence-electron chi connectivity index (χ1n) is 7.39. The number of hydrogen-bond acceptors (Lipinski definition) is 3. The Bertz CT molecular complexity index is 699. The van der Waals surface area contributed by atoms with E-state index in [1.165, 1.54) is 0 Å². The van der Waals surface area contributed by atoms with E-state index in [-0.39, 0.29) is 18.1 Å². The lowest BCUT2D eigenvalue weighted by Crippen LogP contribution is -2.40. The summed E-state index contributed by atoms with van der Waals surface area (Å²) in [5.41, 5.74) is 1.67. The van der Waals surface area contributed by atoms with Crippen molar-refractivity contribution >= 4 is 18.1 Å². The molecule has 1 fully saturated rings. The van der Waals surface area contributed by atoms with E-state index in [0.717, 1.165) is 18.4 Å². The van der Waals surface area contributed by atoms with Gasteiger partial charge in [0.25, 0.3) is 5.91 Å². The molecule has 1 aromatic carbocycles. The van der Waals surface area contributed by atoms with Gasteiger partial charge in [0.15, 0.2) is 0 Å². The number of H-pyrrole nitrogens is 1. The summed E-state index contributed by atoms with van der Waals surface area (Å²) in [4.78, 5) is 15.2. The first-order valence-corrected chi connectivity index (χ1v) is 7.80. The first kappa shape index (κ1) is 14.9. The van der Waals surface area contributed by atoms with Crippen LogP contribution < -0.4 is 5.32 Å². The van der Waals surface area contributed by atoms with E-state index in [0.29, 0.717) is 16.8 Å². The van der Waals surface area contributed by atoms with Crippen molar-refractivity contribution in [2.75, 3.05) is 6.61 Å². The molecule has 2 atom stereocenters. The largest absolute Gasteiger partial charge is 0.373 e. The maximum Gasteiger partial charge on any atom is 0.254 e. The van der Waals surface area contributed by atoms with Crippen LogP contribution in [0.4, 0.5) is 0 Å². The van der Waals surface area contributed by atoms with Crippen LogP contribution in [-0.2, 0) is 4.74 Å². The average Bonchev–Trinajstić information content (AvgIpc) is 2.56. The molecule has 0 saturated carbocycles. The number of aromatic nitrogens is 1. The van der Waals surface area contributed by atoms with Crippen LogP contribution in [-0.4, -0.2) is 23.5 Å². The number of hydrogen-bond donors (Lipinski definition) is 2. The lowest BCUT2D eigenvalue weighted by molar-refractivity contribution is 0.000900. The van der Waals surface area contributed by atoms with Gasteiger partial charge in [-0.2, -0.15) is 0 Å². The highest BCUT2D eigenvalue weighted by Gasteiger charge is 2.25. The van der Waals surface area contributed by atoms with Crippen LogP contribution in [0, 0.1) is 4.64 Å². The summed E-state index contributed by atoms with van der Waals surface area (Å²) in [6, 6.07) is 13.7. The molecule has 2 N–H and O–H groups in total. The van der Waals surface area contributed by atoms with Gasteiger partial charge in [0.1, 0.15) is 4.64 Å². The van der Waals surface area contributed by atoms with E-state index in [1.807, 2.05) is 18.2 Å². The topological polar surface area (TPSA) is 54.1 Å². The highest BCUT2D eigenvalue weighted by Crippen LogP contribution is 2.28. The summed E-state index contributed by atoms with van der Waals surface area (Å²) in [6.45, 7) is 0.645. The van der Waals surface area contributed by atoms with Gasteiger partial charge >= 0.3 is 0 Å². The average molecular weight is 314 g/mol. The SMILES string of the molecule is O=C(N[C@H]1CCO[C@H](c2ccccc2)C1)c1ccc[nH]c1=S. The van der Waals surface area contributed by atoms with Gasteiger partial charge in [0.2, 0.25) is 0 Å². The summed E-state index contributed by atoms with van der Waals surface area (Å²) < 4.78 is 6.29. The molecule has 1 amide bonds. The smallest absolute Gasteiger partial charge is 0.254 e. The summed E-state index contributed by atoms with van der Waals surface area (Å²) >= 11 is 5.15. The molecule has 1 saturated heterocycles. The Hall–Kier alpha value is -1.98. The fourth-order valence-corrected chi connectivity index (χ4v) is 2.92. The van der Waals surface area contributed by atoms with E-state index in [1.54, 1.807) is 18.3 Å². The summed E-state index contributed by atoms with van der Waals surface area (Å²) in [5.74, 6) is -0.124. The Morgan fingerprint density at radius 3 is 2.82 bits per heavy atom. The van der Waals surface area contributed by atoms with Crippen LogP contribution in [0.3, 0.4) is 0 Å². The van der Waals surface area contributed by atoms with Crippen LogP contribution in [0.1, 0.15) is 34.9 Å². The molecule has 2 aromatic rings. The lowest BCUT2D eigenvalue weighted by atomic mass is 9.97. The van der Waals surface area contributed by atoms with Crippen molar-refractivity contribution in [1.82, 2.24) is 10.3 Å². The van der Waals surface area contributed by atoms with Crippen LogP contribution in [0.5, 0.6) is 0 Å². The number of amides is 1. The predicted molar refractivity (Wildman–Crippen MR) is 87.2 cm³/mol. The van der Waals surface area contributed by atoms with Gasteiger partial charge in [-0.3, -0.25) is 4.79 Å². The van der Waals surface area contributed by atoms with Crippen molar-refractivity contribution in [3.63, 3.8) is 0 Å². The third-order valence-corrected chi connectivity index (χ3v) is 4.19. The normalized spacial score (nSPS) is 21.3. The standard InChI is InChI=1S/C17H18N2O2S/c20-16(14-7-4-9-18-17(14)22)19-13-8-10-21-15(11-13)12-5-2-1-3-6-12/h1-7,9,13,15H,8,10-11H2,(H,18,22)(H,19,20)/t13-,15-/m0/s1. The number of carbonyl (C=O) groups excluding carboxylic acids is 1. The highest BCUT2D eigenvalue weighted by atomic mass is 32.1. The zero-order valence-corrected chi connectivity index (χ0v) is 12.9. The molecule has 0 aliphatic carbocycles. The van der Waals surface area contributed by atoms with E-state index in [2.05, 4.69) is 22.4 Å². The zero-order valence-electron chi connectivity index (χ0n) is 12.1. The van der Waals surface area contributed by atoms with Gasteiger partial charge in [-0.1, -0.05) is 42.5 Å². The number of nitrogens with one attached hydrogen (secondary N) is 2. The molecule has 2 heterocycles. The molecule has 0 spiro atoms. The van der Waals surface area contributed by atoms with E-state index < -0.39 is 0 Å².